The minimum Gasteiger partial charge on any atom is -0.461 e. The highest BCUT2D eigenvalue weighted by Crippen LogP contribution is 2.33. The Bertz CT molecular complexity index is 1260. The molecule has 3 aromatic carbocycles. The second-order valence-corrected chi connectivity index (χ2v) is 13.8. The first kappa shape index (κ1) is 31.1. The first-order valence-electron chi connectivity index (χ1n) is 14.0. The number of ether oxygens (including phenoxy) is 4. The second-order valence-electron chi connectivity index (χ2n) is 10.4. The fourth-order valence-electron chi connectivity index (χ4n) is 5.31. The quantitative estimate of drug-likeness (QED) is 0.0853. The normalized spacial score (nSPS) is 19.2. The van der Waals surface area contributed by atoms with Crippen molar-refractivity contribution >= 4 is 41.5 Å². The minimum atomic E-state index is -3.12. The van der Waals surface area contributed by atoms with Crippen LogP contribution in [0.1, 0.15) is 34.1 Å². The number of hydrazone groups is 1. The summed E-state index contributed by atoms with van der Waals surface area (Å²) >= 11 is 0. The van der Waals surface area contributed by atoms with Gasteiger partial charge in [0, 0.05) is 13.3 Å². The molecule has 0 bridgehead atoms. The number of carbonyl (C=O) groups excluding carboxylic acids is 2. The van der Waals surface area contributed by atoms with Gasteiger partial charge in [-0.1, -0.05) is 91.0 Å². The molecular formula is C32H38N2O7Si. The molecule has 0 amide bonds. The SMILES string of the molecule is CCOC(=O)/C(C[C@H]1OC(C)(C)O[C@@H]1[C@@H](CO[Si](c1ccccc1)(c1ccccc1)c1ccccc1)OC(C)=O)=N/N. The molecule has 10 heteroatoms. The summed E-state index contributed by atoms with van der Waals surface area (Å²) in [5.41, 5.74) is -0.00257. The van der Waals surface area contributed by atoms with Gasteiger partial charge in [0.15, 0.2) is 11.9 Å². The molecule has 0 aromatic heterocycles. The Balaban J connectivity index is 1.75. The van der Waals surface area contributed by atoms with Crippen molar-refractivity contribution in [1.82, 2.24) is 0 Å². The molecule has 1 fully saturated rings. The van der Waals surface area contributed by atoms with Gasteiger partial charge in [-0.15, -0.1) is 0 Å². The highest BCUT2D eigenvalue weighted by atomic mass is 28.4. The molecule has 0 aliphatic carbocycles. The fourth-order valence-corrected chi connectivity index (χ4v) is 9.21. The van der Waals surface area contributed by atoms with Crippen molar-refractivity contribution < 1.29 is 33.0 Å². The molecule has 4 rings (SSSR count). The van der Waals surface area contributed by atoms with Gasteiger partial charge < -0.3 is 29.2 Å². The molecule has 42 heavy (non-hydrogen) atoms. The van der Waals surface area contributed by atoms with Crippen molar-refractivity contribution in [3.8, 4) is 0 Å². The predicted octanol–water partition coefficient (Wildman–Crippen LogP) is 2.39. The fraction of sp³-hybridized carbons (Fsp3) is 0.344. The Morgan fingerprint density at radius 3 is 1.83 bits per heavy atom. The molecule has 1 heterocycles. The molecular weight excluding hydrogens is 552 g/mol. The average molecular weight is 591 g/mol. The first-order valence-corrected chi connectivity index (χ1v) is 15.9. The lowest BCUT2D eigenvalue weighted by Gasteiger charge is -2.35. The summed E-state index contributed by atoms with van der Waals surface area (Å²) in [6.45, 7) is 6.72. The van der Waals surface area contributed by atoms with E-state index in [1.54, 1.807) is 20.8 Å². The van der Waals surface area contributed by atoms with Crippen LogP contribution in [-0.4, -0.2) is 63.3 Å². The zero-order valence-corrected chi connectivity index (χ0v) is 25.4. The van der Waals surface area contributed by atoms with Gasteiger partial charge in [-0.25, -0.2) is 4.79 Å². The summed E-state index contributed by atoms with van der Waals surface area (Å²) in [7, 11) is -3.12. The average Bonchev–Trinajstić information content (AvgIpc) is 3.30. The van der Waals surface area contributed by atoms with E-state index in [2.05, 4.69) is 41.5 Å². The molecule has 3 atom stereocenters. The van der Waals surface area contributed by atoms with Crippen LogP contribution in [0, 0.1) is 0 Å². The lowest BCUT2D eigenvalue weighted by molar-refractivity contribution is -0.172. The monoisotopic (exact) mass is 590 g/mol. The largest absolute Gasteiger partial charge is 0.461 e. The van der Waals surface area contributed by atoms with Crippen molar-refractivity contribution in [3.05, 3.63) is 91.0 Å². The van der Waals surface area contributed by atoms with E-state index in [9.17, 15) is 9.59 Å². The van der Waals surface area contributed by atoms with Crippen LogP contribution in [-0.2, 0) is 33.0 Å². The number of hydrogen-bond acceptors (Lipinski definition) is 9. The third-order valence-electron chi connectivity index (χ3n) is 6.97. The molecule has 0 spiro atoms. The van der Waals surface area contributed by atoms with Crippen LogP contribution in [0.4, 0.5) is 0 Å². The van der Waals surface area contributed by atoms with E-state index in [0.29, 0.717) is 0 Å². The van der Waals surface area contributed by atoms with Gasteiger partial charge in [-0.2, -0.15) is 5.10 Å². The van der Waals surface area contributed by atoms with E-state index in [-0.39, 0.29) is 25.3 Å². The lowest BCUT2D eigenvalue weighted by Crippen LogP contribution is -2.70. The number of nitrogens with two attached hydrogens (primary N) is 1. The topological polar surface area (TPSA) is 119 Å². The zero-order valence-electron chi connectivity index (χ0n) is 24.4. The molecule has 3 aromatic rings. The number of benzene rings is 3. The number of carbonyl (C=O) groups is 2. The number of nitrogens with zero attached hydrogens (tertiary/aromatic N) is 1. The maximum atomic E-state index is 12.5. The Morgan fingerprint density at radius 2 is 1.40 bits per heavy atom. The second kappa shape index (κ2) is 13.9. The van der Waals surface area contributed by atoms with Gasteiger partial charge >= 0.3 is 11.9 Å². The van der Waals surface area contributed by atoms with Gasteiger partial charge in [0.25, 0.3) is 8.32 Å². The van der Waals surface area contributed by atoms with E-state index in [1.807, 2.05) is 54.6 Å². The molecule has 1 aliphatic rings. The first-order chi connectivity index (χ1) is 20.2. The van der Waals surface area contributed by atoms with Crippen LogP contribution < -0.4 is 21.4 Å². The smallest absolute Gasteiger partial charge is 0.354 e. The van der Waals surface area contributed by atoms with Crippen LogP contribution in [0.3, 0.4) is 0 Å². The summed E-state index contributed by atoms with van der Waals surface area (Å²) in [5, 5.41) is 6.75. The predicted molar refractivity (Wildman–Crippen MR) is 162 cm³/mol. The van der Waals surface area contributed by atoms with Crippen molar-refractivity contribution in [1.29, 1.82) is 0 Å². The Labute approximate surface area is 247 Å². The summed E-state index contributed by atoms with van der Waals surface area (Å²) in [4.78, 5) is 24.9. The third-order valence-corrected chi connectivity index (χ3v) is 11.0. The van der Waals surface area contributed by atoms with E-state index >= 15 is 0 Å². The van der Waals surface area contributed by atoms with E-state index in [4.69, 9.17) is 29.2 Å². The van der Waals surface area contributed by atoms with Gasteiger partial charge in [-0.05, 0) is 36.3 Å². The molecule has 1 aliphatic heterocycles. The summed E-state index contributed by atoms with van der Waals surface area (Å²) in [6.07, 6.45) is -2.39. The van der Waals surface area contributed by atoms with Crippen LogP contribution in [0.15, 0.2) is 96.1 Å². The molecule has 2 N–H and O–H groups in total. The maximum absolute atomic E-state index is 12.5. The van der Waals surface area contributed by atoms with Gasteiger partial charge in [0.2, 0.25) is 0 Å². The molecule has 1 saturated heterocycles. The maximum Gasteiger partial charge on any atom is 0.354 e. The zero-order chi connectivity index (χ0) is 30.2. The van der Waals surface area contributed by atoms with E-state index < -0.39 is 44.4 Å². The van der Waals surface area contributed by atoms with Crippen LogP contribution >= 0.6 is 0 Å². The van der Waals surface area contributed by atoms with Gasteiger partial charge in [0.1, 0.15) is 11.8 Å². The van der Waals surface area contributed by atoms with Gasteiger partial charge in [-0.3, -0.25) is 4.79 Å². The Hall–Kier alpha value is -3.83. The molecule has 0 unspecified atom stereocenters. The summed E-state index contributed by atoms with van der Waals surface area (Å²) < 4.78 is 30.5. The number of rotatable bonds is 12. The highest BCUT2D eigenvalue weighted by molar-refractivity contribution is 7.07. The van der Waals surface area contributed by atoms with Crippen molar-refractivity contribution in [2.75, 3.05) is 13.2 Å². The van der Waals surface area contributed by atoms with Crippen LogP contribution in [0.5, 0.6) is 0 Å². The highest BCUT2D eigenvalue weighted by Gasteiger charge is 2.49. The van der Waals surface area contributed by atoms with Crippen LogP contribution in [0.2, 0.25) is 0 Å². The Morgan fingerprint density at radius 1 is 0.905 bits per heavy atom. The molecule has 0 saturated carbocycles. The molecule has 9 nitrogen and oxygen atoms in total. The van der Waals surface area contributed by atoms with Gasteiger partial charge in [0.05, 0.1) is 19.3 Å². The summed E-state index contributed by atoms with van der Waals surface area (Å²) in [5.74, 6) is 3.37. The standard InChI is InChI=1S/C32H38N2O7Si/c1-5-37-31(36)27(34-33)21-28-30(41-32(3,4)40-28)29(39-23(2)35)22-38-42(24-15-9-6-10-16-24,25-17-11-7-12-18-25)26-19-13-8-14-20-26/h6-20,28-30H,5,21-22,33H2,1-4H3/b34-27+/t28-,29-,30+/m1/s1. The van der Waals surface area contributed by atoms with E-state index in [1.165, 1.54) is 6.92 Å². The van der Waals surface area contributed by atoms with E-state index in [0.717, 1.165) is 15.6 Å². The number of esters is 2. The third kappa shape index (κ3) is 7.14. The van der Waals surface area contributed by atoms with Crippen molar-refractivity contribution in [2.45, 2.75) is 58.2 Å². The summed E-state index contributed by atoms with van der Waals surface area (Å²) in [6, 6.07) is 30.3. The van der Waals surface area contributed by atoms with Crippen LogP contribution in [0.25, 0.3) is 0 Å². The number of hydrogen-bond donors (Lipinski definition) is 1. The molecule has 0 radical (unpaired) electrons. The van der Waals surface area contributed by atoms with Crippen molar-refractivity contribution in [3.63, 3.8) is 0 Å². The molecule has 222 valence electrons. The van der Waals surface area contributed by atoms with Crippen molar-refractivity contribution in [2.24, 2.45) is 10.9 Å². The minimum absolute atomic E-state index is 0.000177. The Kier molecular flexibility index (Phi) is 10.3. The lowest BCUT2D eigenvalue weighted by atomic mass is 10.0.